The molecule has 0 saturated heterocycles. The molecule has 0 radical (unpaired) electrons. The van der Waals surface area contributed by atoms with Gasteiger partial charge < -0.3 is 15.7 Å². The summed E-state index contributed by atoms with van der Waals surface area (Å²) in [5, 5.41) is 12.9. The van der Waals surface area contributed by atoms with Gasteiger partial charge in [-0.1, -0.05) is 0 Å². The lowest BCUT2D eigenvalue weighted by Gasteiger charge is -2.08. The van der Waals surface area contributed by atoms with Gasteiger partial charge in [0.05, 0.1) is 6.54 Å². The zero-order chi connectivity index (χ0) is 12.4. The molecule has 0 aliphatic carbocycles. The molecule has 0 saturated carbocycles. The highest BCUT2D eigenvalue weighted by atomic mass is 19.4. The van der Waals surface area contributed by atoms with Crippen molar-refractivity contribution < 1.29 is 23.1 Å². The second-order valence-electron chi connectivity index (χ2n) is 3.35. The van der Waals surface area contributed by atoms with Gasteiger partial charge in [0.1, 0.15) is 6.54 Å². The Kier molecular flexibility index (Phi) is 7.92. The average molecular weight is 242 g/mol. The molecule has 0 aromatic rings. The minimum atomic E-state index is -4.36. The van der Waals surface area contributed by atoms with Crippen LogP contribution in [-0.2, 0) is 4.79 Å². The molecule has 0 aromatic heterocycles. The Balaban J connectivity index is 3.31. The molecule has 0 fully saturated rings. The van der Waals surface area contributed by atoms with Gasteiger partial charge in [0.15, 0.2) is 0 Å². The molecule has 7 heteroatoms. The standard InChI is InChI=1S/C9H17F3N2O2/c10-9(11,12)7-14-8(16)6-13-4-2-1-3-5-15/h13,15H,1-7H2,(H,14,16). The molecule has 3 N–H and O–H groups in total. The maximum Gasteiger partial charge on any atom is 0.405 e. The number of nitrogens with one attached hydrogen (secondary N) is 2. The van der Waals surface area contributed by atoms with Gasteiger partial charge in [0, 0.05) is 6.61 Å². The molecule has 0 spiro atoms. The van der Waals surface area contributed by atoms with Gasteiger partial charge in [-0.05, 0) is 25.8 Å². The number of alkyl halides is 3. The van der Waals surface area contributed by atoms with Crippen LogP contribution >= 0.6 is 0 Å². The molecular formula is C9H17F3N2O2. The van der Waals surface area contributed by atoms with Crippen molar-refractivity contribution in [3.63, 3.8) is 0 Å². The number of aliphatic hydroxyl groups is 1. The Morgan fingerprint density at radius 1 is 1.19 bits per heavy atom. The van der Waals surface area contributed by atoms with Crippen LogP contribution in [0.3, 0.4) is 0 Å². The lowest BCUT2D eigenvalue weighted by Crippen LogP contribution is -2.39. The first-order chi connectivity index (χ1) is 7.45. The van der Waals surface area contributed by atoms with Crippen LogP contribution in [0.15, 0.2) is 0 Å². The van der Waals surface area contributed by atoms with E-state index in [4.69, 9.17) is 5.11 Å². The number of halogens is 3. The molecule has 0 heterocycles. The molecule has 0 aliphatic rings. The van der Waals surface area contributed by atoms with E-state index < -0.39 is 18.6 Å². The predicted molar refractivity (Wildman–Crippen MR) is 52.9 cm³/mol. The Morgan fingerprint density at radius 2 is 1.88 bits per heavy atom. The van der Waals surface area contributed by atoms with Crippen LogP contribution in [0.4, 0.5) is 13.2 Å². The first kappa shape index (κ1) is 15.2. The van der Waals surface area contributed by atoms with Gasteiger partial charge in [-0.25, -0.2) is 0 Å². The second kappa shape index (κ2) is 8.35. The van der Waals surface area contributed by atoms with Gasteiger partial charge in [-0.2, -0.15) is 13.2 Å². The number of hydrogen-bond donors (Lipinski definition) is 3. The number of unbranched alkanes of at least 4 members (excludes halogenated alkanes) is 2. The van der Waals surface area contributed by atoms with Crippen molar-refractivity contribution in [3.8, 4) is 0 Å². The minimum Gasteiger partial charge on any atom is -0.396 e. The van der Waals surface area contributed by atoms with Gasteiger partial charge in [0.2, 0.25) is 5.91 Å². The summed E-state index contributed by atoms with van der Waals surface area (Å²) in [5.74, 6) is -0.667. The highest BCUT2D eigenvalue weighted by molar-refractivity contribution is 5.77. The summed E-state index contributed by atoms with van der Waals surface area (Å²) in [5.41, 5.74) is 0. The van der Waals surface area contributed by atoms with Crippen LogP contribution in [0.2, 0.25) is 0 Å². The van der Waals surface area contributed by atoms with E-state index in [9.17, 15) is 18.0 Å². The topological polar surface area (TPSA) is 61.4 Å². The smallest absolute Gasteiger partial charge is 0.396 e. The summed E-state index contributed by atoms with van der Waals surface area (Å²) < 4.78 is 35.1. The van der Waals surface area contributed by atoms with E-state index in [1.807, 2.05) is 0 Å². The number of rotatable bonds is 8. The van der Waals surface area contributed by atoms with E-state index in [2.05, 4.69) is 5.32 Å². The predicted octanol–water partition coefficient (Wildman–Crippen LogP) is 0.417. The van der Waals surface area contributed by atoms with Crippen LogP contribution in [0.1, 0.15) is 19.3 Å². The molecular weight excluding hydrogens is 225 g/mol. The lowest BCUT2D eigenvalue weighted by molar-refractivity contribution is -0.137. The zero-order valence-electron chi connectivity index (χ0n) is 8.94. The Bertz CT molecular complexity index is 198. The molecule has 0 aromatic carbocycles. The fraction of sp³-hybridized carbons (Fsp3) is 0.889. The largest absolute Gasteiger partial charge is 0.405 e. The number of aliphatic hydroxyl groups excluding tert-OH is 1. The molecule has 16 heavy (non-hydrogen) atoms. The maximum atomic E-state index is 11.7. The van der Waals surface area contributed by atoms with Crippen molar-refractivity contribution in [2.24, 2.45) is 0 Å². The van der Waals surface area contributed by atoms with Crippen molar-refractivity contribution in [2.45, 2.75) is 25.4 Å². The fourth-order valence-electron chi connectivity index (χ4n) is 1.00. The van der Waals surface area contributed by atoms with Crippen molar-refractivity contribution in [1.29, 1.82) is 0 Å². The van der Waals surface area contributed by atoms with Gasteiger partial charge in [-0.3, -0.25) is 4.79 Å². The fourth-order valence-corrected chi connectivity index (χ4v) is 1.00. The molecule has 0 unspecified atom stereocenters. The summed E-state index contributed by atoms with van der Waals surface area (Å²) in [7, 11) is 0. The Hall–Kier alpha value is -0.820. The van der Waals surface area contributed by atoms with Gasteiger partial charge in [0.25, 0.3) is 0 Å². The van der Waals surface area contributed by atoms with Crippen LogP contribution in [0.5, 0.6) is 0 Å². The highest BCUT2D eigenvalue weighted by Crippen LogP contribution is 2.11. The quantitative estimate of drug-likeness (QED) is 0.540. The Labute approximate surface area is 92.2 Å². The summed E-state index contributed by atoms with van der Waals surface area (Å²) in [4.78, 5) is 10.9. The van der Waals surface area contributed by atoms with Crippen LogP contribution in [0, 0.1) is 0 Å². The maximum absolute atomic E-state index is 11.7. The molecule has 0 rings (SSSR count). The number of carbonyl (C=O) groups is 1. The van der Waals surface area contributed by atoms with E-state index in [1.54, 1.807) is 5.32 Å². The normalized spacial score (nSPS) is 11.5. The lowest BCUT2D eigenvalue weighted by atomic mass is 10.2. The summed E-state index contributed by atoms with van der Waals surface area (Å²) in [6.45, 7) is -0.723. The zero-order valence-corrected chi connectivity index (χ0v) is 8.94. The van der Waals surface area contributed by atoms with Crippen molar-refractivity contribution >= 4 is 5.91 Å². The molecule has 0 bridgehead atoms. The van der Waals surface area contributed by atoms with E-state index in [0.717, 1.165) is 12.8 Å². The summed E-state index contributed by atoms with van der Waals surface area (Å²) in [6, 6.07) is 0. The number of amides is 1. The van der Waals surface area contributed by atoms with Crippen LogP contribution in [0.25, 0.3) is 0 Å². The van der Waals surface area contributed by atoms with Gasteiger partial charge in [-0.15, -0.1) is 0 Å². The van der Waals surface area contributed by atoms with Crippen molar-refractivity contribution in [3.05, 3.63) is 0 Å². The third kappa shape index (κ3) is 11.3. The van der Waals surface area contributed by atoms with E-state index in [-0.39, 0.29) is 13.2 Å². The van der Waals surface area contributed by atoms with Crippen LogP contribution in [-0.4, -0.2) is 43.4 Å². The van der Waals surface area contributed by atoms with E-state index in [1.165, 1.54) is 0 Å². The van der Waals surface area contributed by atoms with E-state index in [0.29, 0.717) is 13.0 Å². The first-order valence-electron chi connectivity index (χ1n) is 5.11. The Morgan fingerprint density at radius 3 is 2.44 bits per heavy atom. The van der Waals surface area contributed by atoms with Gasteiger partial charge >= 0.3 is 6.18 Å². The molecule has 1 amide bonds. The SMILES string of the molecule is O=C(CNCCCCCO)NCC(F)(F)F. The van der Waals surface area contributed by atoms with Crippen molar-refractivity contribution in [2.75, 3.05) is 26.2 Å². The van der Waals surface area contributed by atoms with Crippen molar-refractivity contribution in [1.82, 2.24) is 10.6 Å². The monoisotopic (exact) mass is 242 g/mol. The average Bonchev–Trinajstić information content (AvgIpc) is 2.19. The summed E-state index contributed by atoms with van der Waals surface area (Å²) in [6.07, 6.45) is -2.06. The highest BCUT2D eigenvalue weighted by Gasteiger charge is 2.27. The number of hydrogen-bond acceptors (Lipinski definition) is 3. The molecule has 96 valence electrons. The third-order valence-corrected chi connectivity index (χ3v) is 1.78. The minimum absolute atomic E-state index is 0.116. The molecule has 0 aliphatic heterocycles. The number of carbonyl (C=O) groups excluding carboxylic acids is 1. The second-order valence-corrected chi connectivity index (χ2v) is 3.35. The summed E-state index contributed by atoms with van der Waals surface area (Å²) >= 11 is 0. The molecule has 0 atom stereocenters. The first-order valence-corrected chi connectivity index (χ1v) is 5.11. The van der Waals surface area contributed by atoms with Crippen LogP contribution < -0.4 is 10.6 Å². The third-order valence-electron chi connectivity index (χ3n) is 1.78. The van der Waals surface area contributed by atoms with E-state index >= 15 is 0 Å². The molecule has 4 nitrogen and oxygen atoms in total.